The monoisotopic (exact) mass is 383 g/mol. The van der Waals surface area contributed by atoms with Crippen molar-refractivity contribution in [2.45, 2.75) is 25.8 Å². The number of hydrogen-bond donors (Lipinski definition) is 1. The van der Waals surface area contributed by atoms with Gasteiger partial charge in [-0.3, -0.25) is 14.4 Å². The van der Waals surface area contributed by atoms with Gasteiger partial charge in [0.1, 0.15) is 6.04 Å². The summed E-state index contributed by atoms with van der Waals surface area (Å²) in [7, 11) is 0. The number of benzene rings is 1. The van der Waals surface area contributed by atoms with E-state index in [9.17, 15) is 14.4 Å². The van der Waals surface area contributed by atoms with Crippen LogP contribution in [0, 0.1) is 0 Å². The van der Waals surface area contributed by atoms with E-state index in [-0.39, 0.29) is 17.6 Å². The van der Waals surface area contributed by atoms with Gasteiger partial charge in [-0.2, -0.15) is 0 Å². The summed E-state index contributed by atoms with van der Waals surface area (Å²) in [5.41, 5.74) is 0.959. The van der Waals surface area contributed by atoms with Gasteiger partial charge in [0, 0.05) is 39.5 Å². The lowest BCUT2D eigenvalue weighted by Gasteiger charge is -2.27. The molecule has 1 aliphatic heterocycles. The zero-order valence-electron chi connectivity index (χ0n) is 16.0. The molecule has 28 heavy (non-hydrogen) atoms. The van der Waals surface area contributed by atoms with Crippen molar-refractivity contribution < 1.29 is 18.8 Å². The van der Waals surface area contributed by atoms with E-state index < -0.39 is 11.9 Å². The molecule has 1 unspecified atom stereocenters. The first-order chi connectivity index (χ1) is 13.5. The van der Waals surface area contributed by atoms with Crippen LogP contribution >= 0.6 is 0 Å². The van der Waals surface area contributed by atoms with Crippen molar-refractivity contribution in [2.24, 2.45) is 0 Å². The summed E-state index contributed by atoms with van der Waals surface area (Å²) in [6.45, 7) is 3.70. The van der Waals surface area contributed by atoms with Gasteiger partial charge in [0.15, 0.2) is 5.76 Å². The van der Waals surface area contributed by atoms with E-state index in [1.54, 1.807) is 28.9 Å². The molecule has 3 rings (SSSR count). The summed E-state index contributed by atoms with van der Waals surface area (Å²) in [6, 6.07) is 12.1. The van der Waals surface area contributed by atoms with Crippen LogP contribution in [-0.4, -0.2) is 59.7 Å². The average molecular weight is 383 g/mol. The van der Waals surface area contributed by atoms with Gasteiger partial charge >= 0.3 is 0 Å². The summed E-state index contributed by atoms with van der Waals surface area (Å²) in [4.78, 5) is 40.8. The van der Waals surface area contributed by atoms with Gasteiger partial charge < -0.3 is 19.5 Å². The molecule has 7 heteroatoms. The van der Waals surface area contributed by atoms with Crippen LogP contribution in [0.5, 0.6) is 0 Å². The lowest BCUT2D eigenvalue weighted by atomic mass is 10.0. The predicted molar refractivity (Wildman–Crippen MR) is 104 cm³/mol. The van der Waals surface area contributed by atoms with Gasteiger partial charge in [-0.1, -0.05) is 30.3 Å². The van der Waals surface area contributed by atoms with Crippen LogP contribution in [-0.2, 0) is 16.0 Å². The van der Waals surface area contributed by atoms with Crippen LogP contribution < -0.4 is 5.32 Å². The Balaban J connectivity index is 1.74. The van der Waals surface area contributed by atoms with E-state index in [4.69, 9.17) is 4.42 Å². The molecule has 0 bridgehead atoms. The van der Waals surface area contributed by atoms with Crippen LogP contribution in [0.25, 0.3) is 0 Å². The lowest BCUT2D eigenvalue weighted by Crippen LogP contribution is -2.50. The fourth-order valence-corrected chi connectivity index (χ4v) is 3.36. The molecule has 0 saturated carbocycles. The molecule has 0 aliphatic carbocycles. The van der Waals surface area contributed by atoms with Crippen molar-refractivity contribution in [3.63, 3.8) is 0 Å². The lowest BCUT2D eigenvalue weighted by molar-refractivity contribution is -0.134. The van der Waals surface area contributed by atoms with Crippen LogP contribution in [0.2, 0.25) is 0 Å². The molecule has 1 saturated heterocycles. The highest BCUT2D eigenvalue weighted by Crippen LogP contribution is 2.11. The third kappa shape index (κ3) is 5.00. The minimum atomic E-state index is -0.705. The number of nitrogens with one attached hydrogen (secondary N) is 1. The second-order valence-electron chi connectivity index (χ2n) is 6.88. The van der Waals surface area contributed by atoms with Gasteiger partial charge in [-0.15, -0.1) is 0 Å². The quantitative estimate of drug-likeness (QED) is 0.852. The van der Waals surface area contributed by atoms with Gasteiger partial charge in [0.2, 0.25) is 11.8 Å². The number of nitrogens with zero attached hydrogens (tertiary/aromatic N) is 2. The summed E-state index contributed by atoms with van der Waals surface area (Å²) in [5.74, 6) is -0.376. The second kappa shape index (κ2) is 9.21. The maximum Gasteiger partial charge on any atom is 0.287 e. The summed E-state index contributed by atoms with van der Waals surface area (Å²) in [6.07, 6.45) is 2.53. The number of carbonyl (C=O) groups is 3. The summed E-state index contributed by atoms with van der Waals surface area (Å²) < 4.78 is 5.15. The fraction of sp³-hybridized carbons (Fsp3) is 0.381. The Hall–Kier alpha value is -3.09. The molecule has 1 N–H and O–H groups in total. The highest BCUT2D eigenvalue weighted by molar-refractivity contribution is 5.95. The summed E-state index contributed by atoms with van der Waals surface area (Å²) >= 11 is 0. The van der Waals surface area contributed by atoms with E-state index in [1.807, 2.05) is 30.3 Å². The van der Waals surface area contributed by atoms with Crippen molar-refractivity contribution in [3.8, 4) is 0 Å². The van der Waals surface area contributed by atoms with Crippen molar-refractivity contribution >= 4 is 17.7 Å². The number of carbonyl (C=O) groups excluding carboxylic acids is 3. The Morgan fingerprint density at radius 2 is 1.71 bits per heavy atom. The minimum absolute atomic E-state index is 0.0151. The molecule has 7 nitrogen and oxygen atoms in total. The van der Waals surface area contributed by atoms with E-state index in [0.717, 1.165) is 12.0 Å². The standard InChI is InChI=1S/C21H25N3O4/c1-16(25)23-10-6-11-24(13-12-23)21(27)18(15-17-7-3-2-4-8-17)22-20(26)19-9-5-14-28-19/h2-5,7-9,14,18H,6,10-13,15H2,1H3,(H,22,26). The molecular formula is C21H25N3O4. The molecule has 1 fully saturated rings. The smallest absolute Gasteiger partial charge is 0.287 e. The largest absolute Gasteiger partial charge is 0.459 e. The molecule has 148 valence electrons. The van der Waals surface area contributed by atoms with Crippen LogP contribution in [0.3, 0.4) is 0 Å². The Morgan fingerprint density at radius 3 is 2.39 bits per heavy atom. The zero-order chi connectivity index (χ0) is 19.9. The highest BCUT2D eigenvalue weighted by atomic mass is 16.3. The third-order valence-corrected chi connectivity index (χ3v) is 4.88. The van der Waals surface area contributed by atoms with Crippen LogP contribution in [0.1, 0.15) is 29.5 Å². The first-order valence-electron chi connectivity index (χ1n) is 9.47. The maximum atomic E-state index is 13.2. The normalized spacial score (nSPS) is 15.6. The second-order valence-corrected chi connectivity index (χ2v) is 6.88. The van der Waals surface area contributed by atoms with Crippen molar-refractivity contribution in [1.29, 1.82) is 0 Å². The van der Waals surface area contributed by atoms with Gasteiger partial charge in [-0.25, -0.2) is 0 Å². The Labute approximate surface area is 164 Å². The van der Waals surface area contributed by atoms with Crippen molar-refractivity contribution in [1.82, 2.24) is 15.1 Å². The summed E-state index contributed by atoms with van der Waals surface area (Å²) in [5, 5.41) is 2.81. The first-order valence-corrected chi connectivity index (χ1v) is 9.47. The molecule has 1 aromatic heterocycles. The van der Waals surface area contributed by atoms with E-state index in [1.165, 1.54) is 6.26 Å². The Kier molecular flexibility index (Phi) is 6.47. The number of furan rings is 1. The molecule has 0 spiro atoms. The third-order valence-electron chi connectivity index (χ3n) is 4.88. The minimum Gasteiger partial charge on any atom is -0.459 e. The molecule has 2 aromatic rings. The van der Waals surface area contributed by atoms with E-state index in [0.29, 0.717) is 32.6 Å². The highest BCUT2D eigenvalue weighted by Gasteiger charge is 2.29. The first kappa shape index (κ1) is 19.7. The van der Waals surface area contributed by atoms with Crippen molar-refractivity contribution in [2.75, 3.05) is 26.2 Å². The molecule has 3 amide bonds. The van der Waals surface area contributed by atoms with E-state index >= 15 is 0 Å². The van der Waals surface area contributed by atoms with Gasteiger partial charge in [0.05, 0.1) is 6.26 Å². The number of amides is 3. The fourth-order valence-electron chi connectivity index (χ4n) is 3.36. The van der Waals surface area contributed by atoms with Crippen LogP contribution in [0.15, 0.2) is 53.1 Å². The molecule has 1 atom stereocenters. The zero-order valence-corrected chi connectivity index (χ0v) is 16.0. The SMILES string of the molecule is CC(=O)N1CCCN(C(=O)C(Cc2ccccc2)NC(=O)c2ccco2)CC1. The van der Waals surface area contributed by atoms with E-state index in [2.05, 4.69) is 5.32 Å². The number of rotatable bonds is 5. The van der Waals surface area contributed by atoms with Gasteiger partial charge in [-0.05, 0) is 24.1 Å². The molecule has 2 heterocycles. The Bertz CT molecular complexity index is 804. The van der Waals surface area contributed by atoms with Crippen LogP contribution in [0.4, 0.5) is 0 Å². The molecular weight excluding hydrogens is 358 g/mol. The molecule has 0 radical (unpaired) electrons. The maximum absolute atomic E-state index is 13.2. The topological polar surface area (TPSA) is 82.9 Å². The molecule has 1 aromatic carbocycles. The van der Waals surface area contributed by atoms with Crippen molar-refractivity contribution in [3.05, 3.63) is 60.1 Å². The van der Waals surface area contributed by atoms with Gasteiger partial charge in [0.25, 0.3) is 5.91 Å². The Morgan fingerprint density at radius 1 is 1.00 bits per heavy atom. The average Bonchev–Trinajstić information content (AvgIpc) is 3.12. The predicted octanol–water partition coefficient (Wildman–Crippen LogP) is 1.70. The molecule has 1 aliphatic rings. The number of hydrogen-bond acceptors (Lipinski definition) is 4.